The largest absolute Gasteiger partial charge is 0.313 e. The van der Waals surface area contributed by atoms with E-state index in [0.29, 0.717) is 0 Å². The lowest BCUT2D eigenvalue weighted by molar-refractivity contribution is 0.889. The second-order valence-corrected chi connectivity index (χ2v) is 17.6. The van der Waals surface area contributed by atoms with Crippen molar-refractivity contribution in [3.63, 3.8) is 0 Å². The molecule has 4 heteroatoms. The van der Waals surface area contributed by atoms with Crippen LogP contribution in [0.5, 0.6) is 0 Å². The second-order valence-electron chi connectivity index (χ2n) is 15.5. The van der Waals surface area contributed by atoms with Crippen molar-refractivity contribution in [2.75, 3.05) is 0 Å². The predicted molar refractivity (Wildman–Crippen MR) is 252 cm³/mol. The van der Waals surface area contributed by atoms with E-state index in [1.807, 2.05) is 22.7 Å². The van der Waals surface area contributed by atoms with Gasteiger partial charge in [0.15, 0.2) is 0 Å². The van der Waals surface area contributed by atoms with Gasteiger partial charge in [-0.3, -0.25) is 0 Å². The zero-order valence-electron chi connectivity index (χ0n) is 31.4. The molecule has 0 amide bonds. The Hall–Kier alpha value is -6.72. The van der Waals surface area contributed by atoms with Gasteiger partial charge in [-0.25, -0.2) is 0 Å². The molecule has 0 atom stereocenters. The highest BCUT2D eigenvalue weighted by Gasteiger charge is 2.23. The lowest BCUT2D eigenvalue weighted by Gasteiger charge is -2.16. The number of thiophene rings is 2. The first kappa shape index (κ1) is 32.4. The van der Waals surface area contributed by atoms with Crippen LogP contribution in [0, 0.1) is 0 Å². The van der Waals surface area contributed by atoms with E-state index >= 15 is 0 Å². The van der Waals surface area contributed by atoms with Gasteiger partial charge in [0.25, 0.3) is 0 Å². The van der Waals surface area contributed by atoms with Crippen LogP contribution >= 0.6 is 22.7 Å². The molecule has 1 aliphatic carbocycles. The number of allylic oxidation sites excluding steroid dienone is 1. The Morgan fingerprint density at radius 3 is 1.91 bits per heavy atom. The summed E-state index contributed by atoms with van der Waals surface area (Å²) in [7, 11) is 0. The number of rotatable bonds is 4. The van der Waals surface area contributed by atoms with E-state index in [4.69, 9.17) is 0 Å². The summed E-state index contributed by atoms with van der Waals surface area (Å²) in [5.74, 6) is 0. The molecule has 0 fully saturated rings. The number of nitrogens with zero attached hydrogens (tertiary/aromatic N) is 2. The average Bonchev–Trinajstić information content (AvgIpc) is 4.04. The highest BCUT2D eigenvalue weighted by Crippen LogP contribution is 2.47. The molecule has 1 aliphatic rings. The van der Waals surface area contributed by atoms with Gasteiger partial charge < -0.3 is 9.13 Å². The van der Waals surface area contributed by atoms with Crippen molar-refractivity contribution in [3.8, 4) is 33.6 Å². The molecular weight excluding hydrogens is 741 g/mol. The lowest BCUT2D eigenvalue weighted by atomic mass is 9.99. The normalized spacial score (nSPS) is 13.0. The summed E-state index contributed by atoms with van der Waals surface area (Å²) < 4.78 is 10.4. The van der Waals surface area contributed by atoms with Crippen molar-refractivity contribution in [3.05, 3.63) is 187 Å². The molecule has 8 aromatic carbocycles. The van der Waals surface area contributed by atoms with Crippen molar-refractivity contribution < 1.29 is 0 Å². The number of benzene rings is 8. The molecule has 2 nitrogen and oxygen atoms in total. The van der Waals surface area contributed by atoms with Gasteiger partial charge in [-0.05, 0) is 84.6 Å². The van der Waals surface area contributed by atoms with Crippen LogP contribution < -0.4 is 0 Å². The van der Waals surface area contributed by atoms with E-state index in [0.717, 1.165) is 12.8 Å². The molecule has 58 heavy (non-hydrogen) atoms. The Morgan fingerprint density at radius 1 is 0.397 bits per heavy atom. The Balaban J connectivity index is 1.06. The fourth-order valence-electron chi connectivity index (χ4n) is 9.80. The summed E-state index contributed by atoms with van der Waals surface area (Å²) in [5, 5.41) is 9.16. The summed E-state index contributed by atoms with van der Waals surface area (Å²) in [6.07, 6.45) is 6.75. The third-order valence-corrected chi connectivity index (χ3v) is 14.8. The van der Waals surface area contributed by atoms with Crippen molar-refractivity contribution in [1.82, 2.24) is 9.13 Å². The van der Waals surface area contributed by atoms with Gasteiger partial charge in [-0.2, -0.15) is 0 Å². The minimum atomic E-state index is 1.00. The van der Waals surface area contributed by atoms with Crippen LogP contribution in [-0.2, 0) is 6.42 Å². The molecule has 272 valence electrons. The van der Waals surface area contributed by atoms with E-state index in [2.05, 4.69) is 191 Å². The van der Waals surface area contributed by atoms with Gasteiger partial charge in [0.05, 0.1) is 16.6 Å². The summed E-state index contributed by atoms with van der Waals surface area (Å²) in [6, 6.07) is 63.3. The van der Waals surface area contributed by atoms with E-state index in [9.17, 15) is 0 Å². The molecular formula is C54H34N2S2. The van der Waals surface area contributed by atoms with Crippen molar-refractivity contribution in [2.24, 2.45) is 0 Å². The van der Waals surface area contributed by atoms with Gasteiger partial charge in [0.2, 0.25) is 0 Å². The SMILES string of the molecule is C1=Cc2c(n(-c3cc(-c4cccc5c4sc4ccccc45)c4sc5ccccc5c4c3)c3cc(-c4ccc5c(c4)c4ccccc4n5-c4ccccc4)ccc23)CC1. The molecule has 4 heterocycles. The fraction of sp³-hybridized carbons (Fsp3) is 0.0370. The zero-order valence-corrected chi connectivity index (χ0v) is 33.1. The van der Waals surface area contributed by atoms with Gasteiger partial charge in [-0.1, -0.05) is 121 Å². The van der Waals surface area contributed by atoms with Crippen LogP contribution in [0.2, 0.25) is 0 Å². The molecule has 0 radical (unpaired) electrons. The highest BCUT2D eigenvalue weighted by atomic mass is 32.1. The summed E-state index contributed by atoms with van der Waals surface area (Å²) in [4.78, 5) is 0. The van der Waals surface area contributed by atoms with Gasteiger partial charge in [-0.15, -0.1) is 22.7 Å². The van der Waals surface area contributed by atoms with Crippen LogP contribution in [0.3, 0.4) is 0 Å². The maximum atomic E-state index is 2.60. The molecule has 12 aromatic rings. The quantitative estimate of drug-likeness (QED) is 0.169. The minimum Gasteiger partial charge on any atom is -0.313 e. The number of para-hydroxylation sites is 2. The first-order chi connectivity index (χ1) is 28.8. The Morgan fingerprint density at radius 2 is 1.07 bits per heavy atom. The van der Waals surface area contributed by atoms with E-state index in [1.54, 1.807) is 0 Å². The Labute approximate surface area is 342 Å². The second kappa shape index (κ2) is 12.4. The topological polar surface area (TPSA) is 9.86 Å². The lowest BCUT2D eigenvalue weighted by Crippen LogP contribution is -2.03. The molecule has 0 bridgehead atoms. The third-order valence-electron chi connectivity index (χ3n) is 12.4. The molecule has 4 aromatic heterocycles. The van der Waals surface area contributed by atoms with E-state index < -0.39 is 0 Å². The monoisotopic (exact) mass is 774 g/mol. The smallest absolute Gasteiger partial charge is 0.0543 e. The van der Waals surface area contributed by atoms with Crippen LogP contribution in [-0.4, -0.2) is 9.13 Å². The van der Waals surface area contributed by atoms with E-state index in [1.165, 1.54) is 118 Å². The number of fused-ring (bicyclic) bond motifs is 12. The molecule has 0 spiro atoms. The number of hydrogen-bond acceptors (Lipinski definition) is 2. The minimum absolute atomic E-state index is 1.00. The molecule has 0 saturated heterocycles. The molecule has 0 unspecified atom stereocenters. The molecule has 0 aliphatic heterocycles. The third kappa shape index (κ3) is 4.64. The van der Waals surface area contributed by atoms with Crippen molar-refractivity contribution >= 4 is 102 Å². The first-order valence-corrected chi connectivity index (χ1v) is 21.7. The Kier molecular flexibility index (Phi) is 6.91. The van der Waals surface area contributed by atoms with Gasteiger partial charge in [0.1, 0.15) is 0 Å². The number of aromatic nitrogens is 2. The molecule has 13 rings (SSSR count). The maximum Gasteiger partial charge on any atom is 0.0543 e. The summed E-state index contributed by atoms with van der Waals surface area (Å²) in [6.45, 7) is 0. The fourth-order valence-corrected chi connectivity index (χ4v) is 12.2. The summed E-state index contributed by atoms with van der Waals surface area (Å²) in [5.41, 5.74) is 13.9. The predicted octanol–water partition coefficient (Wildman–Crippen LogP) is 15.8. The van der Waals surface area contributed by atoms with Crippen LogP contribution in [0.1, 0.15) is 17.7 Å². The van der Waals surface area contributed by atoms with Crippen LogP contribution in [0.15, 0.2) is 176 Å². The Bertz CT molecular complexity index is 3680. The van der Waals surface area contributed by atoms with Crippen molar-refractivity contribution in [1.29, 1.82) is 0 Å². The van der Waals surface area contributed by atoms with Gasteiger partial charge in [0, 0.05) is 90.3 Å². The van der Waals surface area contributed by atoms with Crippen molar-refractivity contribution in [2.45, 2.75) is 12.8 Å². The van der Waals surface area contributed by atoms with Crippen LogP contribution in [0.25, 0.3) is 113 Å². The first-order valence-electron chi connectivity index (χ1n) is 20.1. The zero-order chi connectivity index (χ0) is 37.9. The molecule has 0 saturated carbocycles. The van der Waals surface area contributed by atoms with Gasteiger partial charge >= 0.3 is 0 Å². The highest BCUT2D eigenvalue weighted by molar-refractivity contribution is 7.27. The van der Waals surface area contributed by atoms with Crippen LogP contribution in [0.4, 0.5) is 0 Å². The van der Waals surface area contributed by atoms with E-state index in [-0.39, 0.29) is 0 Å². The average molecular weight is 775 g/mol. The standard InChI is InChI=1S/C54H34N2S2/c1-2-13-35(14-3-1)55-48-22-9-5-16-38(48)44-29-33(26-28-49(44)55)34-25-27-39-37-15-4-8-21-47(37)56(50(39)30-34)36-31-45-41-18-7-11-24-52(41)58-54(45)46(32-36)43-20-12-19-42-40-17-6-10-23-51(40)57-53(42)43/h1-7,9-20,22-32H,8,21H2. The molecule has 0 N–H and O–H groups in total. The maximum absolute atomic E-state index is 2.60. The summed E-state index contributed by atoms with van der Waals surface area (Å²) >= 11 is 3.84. The number of hydrogen-bond donors (Lipinski definition) is 0.